The first-order valence-electron chi connectivity index (χ1n) is 10.4. The molecule has 2 saturated heterocycles. The molecule has 0 saturated carbocycles. The number of benzene rings is 2. The first-order valence-corrected chi connectivity index (χ1v) is 10.4. The van der Waals surface area contributed by atoms with Crippen LogP contribution in [0.5, 0.6) is 0 Å². The van der Waals surface area contributed by atoms with Gasteiger partial charge in [0.2, 0.25) is 11.7 Å². The summed E-state index contributed by atoms with van der Waals surface area (Å²) in [5.74, 6) is 1.39. The van der Waals surface area contributed by atoms with E-state index in [1.807, 2.05) is 6.07 Å². The van der Waals surface area contributed by atoms with Gasteiger partial charge in [0.1, 0.15) is 0 Å². The van der Waals surface area contributed by atoms with Crippen molar-refractivity contribution >= 4 is 0 Å². The van der Waals surface area contributed by atoms with Crippen molar-refractivity contribution in [2.45, 2.75) is 25.6 Å². The minimum Gasteiger partial charge on any atom is -0.379 e. The van der Waals surface area contributed by atoms with Gasteiger partial charge in [-0.1, -0.05) is 59.8 Å². The van der Waals surface area contributed by atoms with E-state index in [0.717, 1.165) is 63.8 Å². The molecule has 3 heterocycles. The number of aromatic nitrogens is 2. The van der Waals surface area contributed by atoms with E-state index < -0.39 is 0 Å². The van der Waals surface area contributed by atoms with Gasteiger partial charge in [0, 0.05) is 38.3 Å². The maximum absolute atomic E-state index is 5.62. The first kappa shape index (κ1) is 18.5. The number of nitrogens with zero attached hydrogens (tertiary/aromatic N) is 4. The summed E-state index contributed by atoms with van der Waals surface area (Å²) in [6.07, 6.45) is 1.06. The largest absolute Gasteiger partial charge is 0.379 e. The lowest BCUT2D eigenvalue weighted by Crippen LogP contribution is -2.40. The Kier molecular flexibility index (Phi) is 5.39. The van der Waals surface area contributed by atoms with E-state index in [1.54, 1.807) is 0 Å². The summed E-state index contributed by atoms with van der Waals surface area (Å²) in [6.45, 7) is 6.58. The molecule has 150 valence electrons. The average molecular weight is 390 g/mol. The van der Waals surface area contributed by atoms with Crippen LogP contribution >= 0.6 is 0 Å². The molecule has 0 amide bonds. The van der Waals surface area contributed by atoms with Crippen molar-refractivity contribution < 1.29 is 9.26 Å². The third kappa shape index (κ3) is 4.24. The third-order valence-electron chi connectivity index (χ3n) is 5.81. The van der Waals surface area contributed by atoms with Gasteiger partial charge in [0.15, 0.2) is 0 Å². The van der Waals surface area contributed by atoms with Crippen molar-refractivity contribution in [3.63, 3.8) is 0 Å². The van der Waals surface area contributed by atoms with Crippen molar-refractivity contribution in [1.29, 1.82) is 0 Å². The summed E-state index contributed by atoms with van der Waals surface area (Å²) < 4.78 is 11.0. The zero-order valence-electron chi connectivity index (χ0n) is 16.5. The molecule has 0 N–H and O–H groups in total. The molecule has 0 aliphatic carbocycles. The summed E-state index contributed by atoms with van der Waals surface area (Å²) in [7, 11) is 0. The lowest BCUT2D eigenvalue weighted by Gasteiger charge is -2.38. The van der Waals surface area contributed by atoms with Crippen LogP contribution in [0.4, 0.5) is 0 Å². The quantitative estimate of drug-likeness (QED) is 0.642. The number of morpholine rings is 1. The molecule has 1 atom stereocenters. The minimum atomic E-state index is 0.219. The fourth-order valence-corrected chi connectivity index (χ4v) is 3.99. The van der Waals surface area contributed by atoms with E-state index in [0.29, 0.717) is 5.82 Å². The predicted octanol–water partition coefficient (Wildman–Crippen LogP) is 3.52. The Morgan fingerprint density at radius 3 is 2.34 bits per heavy atom. The molecule has 2 aliphatic heterocycles. The molecule has 2 aliphatic rings. The Balaban J connectivity index is 1.23. The molecule has 0 unspecified atom stereocenters. The zero-order valence-corrected chi connectivity index (χ0v) is 16.5. The van der Waals surface area contributed by atoms with E-state index in [1.165, 1.54) is 11.1 Å². The Morgan fingerprint density at radius 2 is 1.62 bits per heavy atom. The van der Waals surface area contributed by atoms with Crippen molar-refractivity contribution in [2.75, 3.05) is 32.8 Å². The molecule has 29 heavy (non-hydrogen) atoms. The van der Waals surface area contributed by atoms with Crippen LogP contribution in [0.3, 0.4) is 0 Å². The molecule has 0 bridgehead atoms. The molecule has 6 nitrogen and oxygen atoms in total. The zero-order chi connectivity index (χ0) is 19.5. The summed E-state index contributed by atoms with van der Waals surface area (Å²) in [5.41, 5.74) is 3.61. The third-order valence-corrected chi connectivity index (χ3v) is 5.81. The molecular formula is C23H26N4O2. The monoisotopic (exact) mass is 390 g/mol. The van der Waals surface area contributed by atoms with Crippen LogP contribution in [0.15, 0.2) is 59.1 Å². The molecule has 5 rings (SSSR count). The minimum absolute atomic E-state index is 0.219. The van der Waals surface area contributed by atoms with Crippen LogP contribution in [0.25, 0.3) is 11.4 Å². The van der Waals surface area contributed by atoms with Crippen molar-refractivity contribution in [3.8, 4) is 11.4 Å². The molecule has 0 radical (unpaired) electrons. The molecule has 2 fully saturated rings. The highest BCUT2D eigenvalue weighted by molar-refractivity contribution is 5.54. The van der Waals surface area contributed by atoms with Crippen LogP contribution in [0.2, 0.25) is 0 Å². The van der Waals surface area contributed by atoms with E-state index in [4.69, 9.17) is 14.2 Å². The van der Waals surface area contributed by atoms with Gasteiger partial charge in [-0.2, -0.15) is 4.98 Å². The number of likely N-dealkylation sites (tertiary alicyclic amines) is 1. The Labute approximate surface area is 171 Å². The fraction of sp³-hybridized carbons (Fsp3) is 0.391. The molecular weight excluding hydrogens is 364 g/mol. The molecule has 0 spiro atoms. The predicted molar refractivity (Wildman–Crippen MR) is 110 cm³/mol. The second kappa shape index (κ2) is 8.45. The van der Waals surface area contributed by atoms with E-state index in [2.05, 4.69) is 63.5 Å². The summed E-state index contributed by atoms with van der Waals surface area (Å²) in [4.78, 5) is 9.50. The number of rotatable bonds is 6. The second-order valence-electron chi connectivity index (χ2n) is 7.80. The second-order valence-corrected chi connectivity index (χ2v) is 7.80. The van der Waals surface area contributed by atoms with E-state index >= 15 is 0 Å². The van der Waals surface area contributed by atoms with Crippen LogP contribution in [0, 0.1) is 0 Å². The fourth-order valence-electron chi connectivity index (χ4n) is 3.99. The van der Waals surface area contributed by atoms with Crippen LogP contribution in [0.1, 0.15) is 29.5 Å². The van der Waals surface area contributed by atoms with Gasteiger partial charge < -0.3 is 9.26 Å². The molecule has 3 aromatic rings. The van der Waals surface area contributed by atoms with Gasteiger partial charge in [0.05, 0.1) is 19.3 Å². The van der Waals surface area contributed by atoms with Gasteiger partial charge in [-0.3, -0.25) is 9.80 Å². The number of hydrogen-bond acceptors (Lipinski definition) is 6. The Morgan fingerprint density at radius 1 is 0.862 bits per heavy atom. The Bertz CT molecular complexity index is 920. The van der Waals surface area contributed by atoms with E-state index in [-0.39, 0.29) is 6.04 Å². The van der Waals surface area contributed by atoms with Crippen LogP contribution in [-0.2, 0) is 17.8 Å². The standard InChI is InChI=1S/C23H26N4O2/c1-2-4-18(5-3-1)17-27-11-10-21(27)23-24-22(25-29-23)20-8-6-19(7-9-20)16-26-12-14-28-15-13-26/h1-9,21H,10-17H2/t21-/m0/s1. The maximum atomic E-state index is 5.62. The van der Waals surface area contributed by atoms with Gasteiger partial charge >= 0.3 is 0 Å². The smallest absolute Gasteiger partial charge is 0.244 e. The Hall–Kier alpha value is -2.54. The van der Waals surface area contributed by atoms with Crippen molar-refractivity contribution in [1.82, 2.24) is 19.9 Å². The van der Waals surface area contributed by atoms with Crippen molar-refractivity contribution in [2.24, 2.45) is 0 Å². The summed E-state index contributed by atoms with van der Waals surface area (Å²) in [6, 6.07) is 19.2. The normalized spacial score (nSPS) is 20.5. The van der Waals surface area contributed by atoms with Crippen LogP contribution < -0.4 is 0 Å². The highest BCUT2D eigenvalue weighted by Crippen LogP contribution is 2.34. The highest BCUT2D eigenvalue weighted by atomic mass is 16.5. The van der Waals surface area contributed by atoms with E-state index in [9.17, 15) is 0 Å². The average Bonchev–Trinajstić information content (AvgIpc) is 3.22. The van der Waals surface area contributed by atoms with Gasteiger partial charge in [-0.05, 0) is 17.5 Å². The molecule has 1 aromatic heterocycles. The molecule has 6 heteroatoms. The van der Waals surface area contributed by atoms with Gasteiger partial charge in [-0.15, -0.1) is 0 Å². The van der Waals surface area contributed by atoms with Crippen molar-refractivity contribution in [3.05, 3.63) is 71.6 Å². The maximum Gasteiger partial charge on any atom is 0.244 e. The summed E-state index contributed by atoms with van der Waals surface area (Å²) in [5, 5.41) is 4.24. The first-order chi connectivity index (χ1) is 14.3. The lowest BCUT2D eigenvalue weighted by atomic mass is 10.0. The topological polar surface area (TPSA) is 54.6 Å². The summed E-state index contributed by atoms with van der Waals surface area (Å²) >= 11 is 0. The lowest BCUT2D eigenvalue weighted by molar-refractivity contribution is 0.0342. The molecule has 2 aromatic carbocycles. The van der Waals surface area contributed by atoms with Gasteiger partial charge in [-0.25, -0.2) is 0 Å². The van der Waals surface area contributed by atoms with Gasteiger partial charge in [0.25, 0.3) is 0 Å². The number of hydrogen-bond donors (Lipinski definition) is 0. The van der Waals surface area contributed by atoms with Crippen LogP contribution in [-0.4, -0.2) is 52.8 Å². The SMILES string of the molecule is c1ccc(CN2CC[C@H]2c2nc(-c3ccc(CN4CCOCC4)cc3)no2)cc1. The highest BCUT2D eigenvalue weighted by Gasteiger charge is 2.34. The number of ether oxygens (including phenoxy) is 1.